The molecule has 168 valence electrons. The third-order valence-electron chi connectivity index (χ3n) is 7.37. The average Bonchev–Trinajstić information content (AvgIpc) is 2.90. The molecule has 9 atom stereocenters. The average molecular weight is 426 g/mol. The first kappa shape index (κ1) is 21.9. The lowest BCUT2D eigenvalue weighted by atomic mass is 9.56. The smallest absolute Gasteiger partial charge is 0.336 e. The predicted octanol–water partition coefficient (Wildman–Crippen LogP) is -0.500. The van der Waals surface area contributed by atoms with Crippen molar-refractivity contribution in [2.75, 3.05) is 6.61 Å². The van der Waals surface area contributed by atoms with E-state index in [1.54, 1.807) is 6.92 Å². The molecule has 5 N–H and O–H groups in total. The van der Waals surface area contributed by atoms with Gasteiger partial charge in [-0.2, -0.15) is 0 Å². The summed E-state index contributed by atoms with van der Waals surface area (Å²) in [6, 6.07) is 0. The monoisotopic (exact) mass is 426 g/mol. The summed E-state index contributed by atoms with van der Waals surface area (Å²) in [7, 11) is 0. The van der Waals surface area contributed by atoms with Crippen molar-refractivity contribution in [3.05, 3.63) is 23.3 Å². The fourth-order valence-corrected chi connectivity index (χ4v) is 5.49. The summed E-state index contributed by atoms with van der Waals surface area (Å²) < 4.78 is 16.7. The number of aliphatic hydroxyl groups excluding tert-OH is 4. The van der Waals surface area contributed by atoms with E-state index in [0.717, 1.165) is 5.57 Å². The van der Waals surface area contributed by atoms with Crippen molar-refractivity contribution >= 4 is 5.97 Å². The second-order valence-corrected chi connectivity index (χ2v) is 9.30. The van der Waals surface area contributed by atoms with Gasteiger partial charge in [0.15, 0.2) is 6.29 Å². The van der Waals surface area contributed by atoms with Crippen molar-refractivity contribution in [3.63, 3.8) is 0 Å². The molecule has 9 nitrogen and oxygen atoms in total. The lowest BCUT2D eigenvalue weighted by molar-refractivity contribution is -0.311. The Bertz CT molecular complexity index is 776. The van der Waals surface area contributed by atoms with Gasteiger partial charge in [-0.15, -0.1) is 0 Å². The van der Waals surface area contributed by atoms with Gasteiger partial charge in [-0.3, -0.25) is 0 Å². The first-order chi connectivity index (χ1) is 14.0. The van der Waals surface area contributed by atoms with Crippen molar-refractivity contribution in [3.8, 4) is 0 Å². The molecule has 30 heavy (non-hydrogen) atoms. The van der Waals surface area contributed by atoms with E-state index >= 15 is 0 Å². The molecule has 4 rings (SSSR count). The molecule has 2 saturated carbocycles. The van der Waals surface area contributed by atoms with Crippen LogP contribution in [0.5, 0.6) is 0 Å². The Balaban J connectivity index is 1.53. The number of fused-ring (bicyclic) bond motifs is 2. The van der Waals surface area contributed by atoms with Crippen molar-refractivity contribution in [2.45, 2.75) is 82.1 Å². The van der Waals surface area contributed by atoms with Crippen molar-refractivity contribution < 1.29 is 44.5 Å². The van der Waals surface area contributed by atoms with Crippen LogP contribution in [-0.2, 0) is 19.0 Å². The SMILES string of the molecule is C=C1[C@@H](O[C@@H]2O[C@H](CO)[C@@H](O)[C@H](O)[C@H]2O)CC[C@]2(C)C[C@]3(O)OC(=O)C(C)=C3C[C@@H]12. The van der Waals surface area contributed by atoms with E-state index in [2.05, 4.69) is 6.58 Å². The molecule has 4 aliphatic rings. The summed E-state index contributed by atoms with van der Waals surface area (Å²) in [5.74, 6) is -2.16. The van der Waals surface area contributed by atoms with Gasteiger partial charge in [-0.1, -0.05) is 13.5 Å². The maximum absolute atomic E-state index is 12.0. The number of carbonyl (C=O) groups excluding carboxylic acids is 1. The van der Waals surface area contributed by atoms with E-state index in [0.29, 0.717) is 30.4 Å². The Morgan fingerprint density at radius 3 is 2.60 bits per heavy atom. The molecule has 0 aromatic heterocycles. The minimum absolute atomic E-state index is 0.0825. The largest absolute Gasteiger partial charge is 0.426 e. The van der Waals surface area contributed by atoms with Gasteiger partial charge in [-0.05, 0) is 43.1 Å². The summed E-state index contributed by atoms with van der Waals surface area (Å²) >= 11 is 0. The van der Waals surface area contributed by atoms with Crippen LogP contribution in [0.1, 0.15) is 39.5 Å². The first-order valence-corrected chi connectivity index (χ1v) is 10.3. The van der Waals surface area contributed by atoms with Crippen LogP contribution in [0, 0.1) is 11.3 Å². The number of aliphatic hydroxyl groups is 5. The lowest BCUT2D eigenvalue weighted by Crippen LogP contribution is -2.60. The number of hydrogen-bond acceptors (Lipinski definition) is 9. The molecule has 2 aliphatic heterocycles. The first-order valence-electron chi connectivity index (χ1n) is 10.3. The number of ether oxygens (including phenoxy) is 3. The maximum atomic E-state index is 12.0. The van der Waals surface area contributed by atoms with Gasteiger partial charge < -0.3 is 39.7 Å². The van der Waals surface area contributed by atoms with Gasteiger partial charge in [0.1, 0.15) is 24.4 Å². The zero-order valence-electron chi connectivity index (χ0n) is 17.2. The van der Waals surface area contributed by atoms with Crippen LogP contribution < -0.4 is 0 Å². The Labute approximate surface area is 174 Å². The molecule has 0 aromatic rings. The second kappa shape index (κ2) is 7.37. The molecule has 0 amide bonds. The molecule has 9 heteroatoms. The van der Waals surface area contributed by atoms with E-state index in [1.807, 2.05) is 6.92 Å². The Hall–Kier alpha value is -1.33. The van der Waals surface area contributed by atoms with Gasteiger partial charge in [0.05, 0.1) is 12.7 Å². The van der Waals surface area contributed by atoms with Crippen LogP contribution in [0.25, 0.3) is 0 Å². The predicted molar refractivity (Wildman–Crippen MR) is 102 cm³/mol. The molecule has 0 spiro atoms. The van der Waals surface area contributed by atoms with Crippen LogP contribution in [0.15, 0.2) is 23.3 Å². The summed E-state index contributed by atoms with van der Waals surface area (Å²) in [6.07, 6.45) is -5.34. The van der Waals surface area contributed by atoms with Gasteiger partial charge in [0.2, 0.25) is 5.79 Å². The van der Waals surface area contributed by atoms with Crippen LogP contribution in [0.4, 0.5) is 0 Å². The number of carbonyl (C=O) groups is 1. The minimum atomic E-state index is -1.57. The molecule has 0 bridgehead atoms. The van der Waals surface area contributed by atoms with Crippen molar-refractivity contribution in [2.24, 2.45) is 11.3 Å². The zero-order valence-corrected chi connectivity index (χ0v) is 17.2. The molecular weight excluding hydrogens is 396 g/mol. The molecule has 1 saturated heterocycles. The van der Waals surface area contributed by atoms with Gasteiger partial charge in [0, 0.05) is 17.6 Å². The van der Waals surface area contributed by atoms with Crippen molar-refractivity contribution in [1.82, 2.24) is 0 Å². The minimum Gasteiger partial charge on any atom is -0.426 e. The van der Waals surface area contributed by atoms with Crippen LogP contribution in [0.2, 0.25) is 0 Å². The second-order valence-electron chi connectivity index (χ2n) is 9.30. The number of esters is 1. The van der Waals surface area contributed by atoms with E-state index in [4.69, 9.17) is 14.2 Å². The topological polar surface area (TPSA) is 146 Å². The molecule has 3 fully saturated rings. The number of rotatable bonds is 3. The standard InChI is InChI=1S/C21H30O9/c1-9-11-6-12-10(2)18(26)30-21(12,27)8-20(11,3)5-4-13(9)28-19-17(25)16(24)15(23)14(7-22)29-19/h11,13-17,19,22-25,27H,1,4-8H2,2-3H3/t11-,13-,14+,15+,16-,17+,19+,20+,21-/m0/s1. The van der Waals surface area contributed by atoms with E-state index in [-0.39, 0.29) is 17.8 Å². The van der Waals surface area contributed by atoms with Gasteiger partial charge in [0.25, 0.3) is 0 Å². The summed E-state index contributed by atoms with van der Waals surface area (Å²) in [6.45, 7) is 7.36. The van der Waals surface area contributed by atoms with Crippen molar-refractivity contribution in [1.29, 1.82) is 0 Å². The Kier molecular flexibility index (Phi) is 5.38. The fourth-order valence-electron chi connectivity index (χ4n) is 5.49. The zero-order chi connectivity index (χ0) is 22.0. The highest BCUT2D eigenvalue weighted by Crippen LogP contribution is 2.59. The Morgan fingerprint density at radius 2 is 1.93 bits per heavy atom. The maximum Gasteiger partial charge on any atom is 0.336 e. The lowest BCUT2D eigenvalue weighted by Gasteiger charge is -2.53. The van der Waals surface area contributed by atoms with Gasteiger partial charge >= 0.3 is 5.97 Å². The highest BCUT2D eigenvalue weighted by molar-refractivity contribution is 5.92. The summed E-state index contributed by atoms with van der Waals surface area (Å²) in [4.78, 5) is 12.0. The molecule has 2 heterocycles. The fraction of sp³-hybridized carbons (Fsp3) is 0.762. The molecule has 0 unspecified atom stereocenters. The molecule has 2 aliphatic carbocycles. The van der Waals surface area contributed by atoms with E-state index in [9.17, 15) is 30.3 Å². The van der Waals surface area contributed by atoms with E-state index in [1.165, 1.54) is 0 Å². The summed E-state index contributed by atoms with van der Waals surface area (Å²) in [5, 5.41) is 50.5. The quantitative estimate of drug-likeness (QED) is 0.229. The van der Waals surface area contributed by atoms with Crippen LogP contribution >= 0.6 is 0 Å². The van der Waals surface area contributed by atoms with Gasteiger partial charge in [-0.25, -0.2) is 4.79 Å². The van der Waals surface area contributed by atoms with E-state index < -0.39 is 55.2 Å². The molecular formula is C21H30O9. The molecule has 0 aromatic carbocycles. The molecule has 0 radical (unpaired) electrons. The Morgan fingerprint density at radius 1 is 1.23 bits per heavy atom. The normalized spacial score (nSPS) is 49.0. The highest BCUT2D eigenvalue weighted by Gasteiger charge is 2.58. The van der Waals surface area contributed by atoms with Crippen LogP contribution in [0.3, 0.4) is 0 Å². The summed E-state index contributed by atoms with van der Waals surface area (Å²) in [5.41, 5.74) is 1.39. The third kappa shape index (κ3) is 3.24. The third-order valence-corrected chi connectivity index (χ3v) is 7.37. The number of hydrogen-bond donors (Lipinski definition) is 5. The highest BCUT2D eigenvalue weighted by atomic mass is 16.7. The van der Waals surface area contributed by atoms with Crippen LogP contribution in [-0.4, -0.2) is 80.7 Å².